The number of pyridine rings is 1. The SMILES string of the molecule is COc1cc(N(C)C(=O)OC(C)(C)C)ccc1Oc1ccc(N)cn1. The van der Waals surface area contributed by atoms with E-state index in [4.69, 9.17) is 19.9 Å². The third kappa shape index (κ3) is 5.00. The maximum absolute atomic E-state index is 12.2. The first-order chi connectivity index (χ1) is 11.7. The van der Waals surface area contributed by atoms with Crippen molar-refractivity contribution in [2.24, 2.45) is 0 Å². The molecule has 0 aliphatic heterocycles. The average Bonchev–Trinajstić information content (AvgIpc) is 2.55. The lowest BCUT2D eigenvalue weighted by molar-refractivity contribution is 0.0589. The van der Waals surface area contributed by atoms with Crippen molar-refractivity contribution in [3.8, 4) is 17.4 Å². The molecule has 0 saturated carbocycles. The maximum Gasteiger partial charge on any atom is 0.414 e. The lowest BCUT2D eigenvalue weighted by Gasteiger charge is -2.25. The molecule has 1 amide bonds. The number of nitrogens with two attached hydrogens (primary N) is 1. The first-order valence-electron chi connectivity index (χ1n) is 7.74. The topological polar surface area (TPSA) is 86.9 Å². The molecule has 134 valence electrons. The van der Waals surface area contributed by atoms with Crippen LogP contribution in [0.15, 0.2) is 36.5 Å². The minimum absolute atomic E-state index is 0.390. The van der Waals surface area contributed by atoms with E-state index in [0.29, 0.717) is 28.8 Å². The van der Waals surface area contributed by atoms with Crippen LogP contribution in [0.2, 0.25) is 0 Å². The van der Waals surface area contributed by atoms with Crippen LogP contribution in [-0.4, -0.2) is 30.8 Å². The van der Waals surface area contributed by atoms with Gasteiger partial charge in [-0.15, -0.1) is 0 Å². The van der Waals surface area contributed by atoms with Crippen molar-refractivity contribution < 1.29 is 19.0 Å². The van der Waals surface area contributed by atoms with Gasteiger partial charge in [-0.3, -0.25) is 4.90 Å². The molecular weight excluding hydrogens is 322 g/mol. The van der Waals surface area contributed by atoms with Crippen LogP contribution in [-0.2, 0) is 4.74 Å². The van der Waals surface area contributed by atoms with Crippen molar-refractivity contribution in [2.75, 3.05) is 24.8 Å². The molecule has 1 aromatic carbocycles. The van der Waals surface area contributed by atoms with Crippen molar-refractivity contribution in [3.63, 3.8) is 0 Å². The van der Waals surface area contributed by atoms with Crippen LogP contribution in [0.1, 0.15) is 20.8 Å². The summed E-state index contributed by atoms with van der Waals surface area (Å²) in [5.74, 6) is 1.33. The van der Waals surface area contributed by atoms with E-state index in [0.717, 1.165) is 0 Å². The van der Waals surface area contributed by atoms with Crippen molar-refractivity contribution in [1.82, 2.24) is 4.98 Å². The Kier molecular flexibility index (Phi) is 5.36. The molecule has 0 atom stereocenters. The molecule has 1 heterocycles. The van der Waals surface area contributed by atoms with Crippen LogP contribution in [0, 0.1) is 0 Å². The molecular formula is C18H23N3O4. The summed E-state index contributed by atoms with van der Waals surface area (Å²) in [5, 5.41) is 0. The number of benzene rings is 1. The number of nitrogens with zero attached hydrogens (tertiary/aromatic N) is 2. The third-order valence-corrected chi connectivity index (χ3v) is 3.18. The highest BCUT2D eigenvalue weighted by atomic mass is 16.6. The van der Waals surface area contributed by atoms with Gasteiger partial charge in [-0.05, 0) is 39.0 Å². The van der Waals surface area contributed by atoms with Crippen LogP contribution in [0.4, 0.5) is 16.2 Å². The van der Waals surface area contributed by atoms with Gasteiger partial charge in [-0.1, -0.05) is 0 Å². The lowest BCUT2D eigenvalue weighted by Crippen LogP contribution is -2.34. The minimum atomic E-state index is -0.570. The molecule has 2 N–H and O–H groups in total. The monoisotopic (exact) mass is 345 g/mol. The van der Waals surface area contributed by atoms with Gasteiger partial charge < -0.3 is 19.9 Å². The largest absolute Gasteiger partial charge is 0.493 e. The Morgan fingerprint density at radius 3 is 2.44 bits per heavy atom. The van der Waals surface area contributed by atoms with E-state index in [1.165, 1.54) is 18.2 Å². The van der Waals surface area contributed by atoms with Crippen molar-refractivity contribution in [1.29, 1.82) is 0 Å². The summed E-state index contributed by atoms with van der Waals surface area (Å²) in [5.41, 5.74) is 6.20. The third-order valence-electron chi connectivity index (χ3n) is 3.18. The van der Waals surface area contributed by atoms with Gasteiger partial charge in [0.05, 0.1) is 24.7 Å². The molecule has 25 heavy (non-hydrogen) atoms. The van der Waals surface area contributed by atoms with E-state index in [1.807, 2.05) is 20.8 Å². The Labute approximate surface area is 147 Å². The maximum atomic E-state index is 12.2. The second-order valence-electron chi connectivity index (χ2n) is 6.41. The van der Waals surface area contributed by atoms with Gasteiger partial charge in [0.25, 0.3) is 0 Å². The highest BCUT2D eigenvalue weighted by Crippen LogP contribution is 2.34. The molecule has 0 saturated heterocycles. The molecule has 0 radical (unpaired) electrons. The molecule has 0 fully saturated rings. The number of hydrogen-bond acceptors (Lipinski definition) is 6. The van der Waals surface area contributed by atoms with Gasteiger partial charge in [0, 0.05) is 19.2 Å². The standard InChI is InChI=1S/C18H23N3O4/c1-18(2,3)25-17(22)21(4)13-7-8-14(15(10-13)23-5)24-16-9-6-12(19)11-20-16/h6-11H,19H2,1-5H3. The van der Waals surface area contributed by atoms with Crippen LogP contribution in [0.25, 0.3) is 0 Å². The van der Waals surface area contributed by atoms with Crippen LogP contribution < -0.4 is 20.1 Å². The number of nitrogen functional groups attached to an aromatic ring is 1. The fraction of sp³-hybridized carbons (Fsp3) is 0.333. The van der Waals surface area contributed by atoms with Gasteiger partial charge in [-0.2, -0.15) is 0 Å². The molecule has 0 spiro atoms. The quantitative estimate of drug-likeness (QED) is 0.906. The Bertz CT molecular complexity index is 739. The molecule has 0 bridgehead atoms. The van der Waals surface area contributed by atoms with Gasteiger partial charge in [0.2, 0.25) is 5.88 Å². The minimum Gasteiger partial charge on any atom is -0.493 e. The molecule has 7 heteroatoms. The van der Waals surface area contributed by atoms with Gasteiger partial charge in [0.1, 0.15) is 5.60 Å². The van der Waals surface area contributed by atoms with E-state index in [9.17, 15) is 4.79 Å². The van der Waals surface area contributed by atoms with Gasteiger partial charge >= 0.3 is 6.09 Å². The van der Waals surface area contributed by atoms with Crippen LogP contribution in [0.3, 0.4) is 0 Å². The van der Waals surface area contributed by atoms with E-state index in [1.54, 1.807) is 37.4 Å². The van der Waals surface area contributed by atoms with E-state index >= 15 is 0 Å². The Morgan fingerprint density at radius 1 is 1.16 bits per heavy atom. The summed E-state index contributed by atoms with van der Waals surface area (Å²) in [6.07, 6.45) is 1.05. The molecule has 0 aliphatic rings. The fourth-order valence-corrected chi connectivity index (χ4v) is 1.95. The smallest absolute Gasteiger partial charge is 0.414 e. The zero-order chi connectivity index (χ0) is 18.6. The van der Waals surface area contributed by atoms with E-state index in [-0.39, 0.29) is 0 Å². The number of anilines is 2. The number of hydrogen-bond donors (Lipinski definition) is 1. The average molecular weight is 345 g/mol. The first-order valence-corrected chi connectivity index (χ1v) is 7.74. The second-order valence-corrected chi connectivity index (χ2v) is 6.41. The zero-order valence-electron chi connectivity index (χ0n) is 15.1. The molecule has 0 aliphatic carbocycles. The highest BCUT2D eigenvalue weighted by molar-refractivity contribution is 5.87. The summed E-state index contributed by atoms with van der Waals surface area (Å²) in [4.78, 5) is 17.7. The number of carbonyl (C=O) groups excluding carboxylic acids is 1. The second kappa shape index (κ2) is 7.29. The van der Waals surface area contributed by atoms with Crippen LogP contribution in [0.5, 0.6) is 17.4 Å². The number of methoxy groups -OCH3 is 1. The molecule has 1 aromatic heterocycles. The molecule has 7 nitrogen and oxygen atoms in total. The van der Waals surface area contributed by atoms with Crippen molar-refractivity contribution in [2.45, 2.75) is 26.4 Å². The molecule has 2 rings (SSSR count). The van der Waals surface area contributed by atoms with Crippen LogP contribution >= 0.6 is 0 Å². The van der Waals surface area contributed by atoms with Crippen molar-refractivity contribution >= 4 is 17.5 Å². The summed E-state index contributed by atoms with van der Waals surface area (Å²) < 4.78 is 16.4. The predicted molar refractivity (Wildman–Crippen MR) is 96.4 cm³/mol. The zero-order valence-corrected chi connectivity index (χ0v) is 15.1. The molecule has 2 aromatic rings. The summed E-state index contributed by atoms with van der Waals surface area (Å²) in [6.45, 7) is 5.45. The summed E-state index contributed by atoms with van der Waals surface area (Å²) >= 11 is 0. The van der Waals surface area contributed by atoms with Gasteiger partial charge in [0.15, 0.2) is 11.5 Å². The lowest BCUT2D eigenvalue weighted by atomic mass is 10.2. The van der Waals surface area contributed by atoms with Gasteiger partial charge in [-0.25, -0.2) is 9.78 Å². The fourth-order valence-electron chi connectivity index (χ4n) is 1.95. The Balaban J connectivity index is 2.20. The number of aromatic nitrogens is 1. The molecule has 0 unspecified atom stereocenters. The number of rotatable bonds is 4. The summed E-state index contributed by atoms with van der Waals surface area (Å²) in [6, 6.07) is 8.48. The number of ether oxygens (including phenoxy) is 3. The number of carbonyl (C=O) groups is 1. The normalized spacial score (nSPS) is 10.9. The first kappa shape index (κ1) is 18.4. The number of amides is 1. The van der Waals surface area contributed by atoms with Crippen molar-refractivity contribution in [3.05, 3.63) is 36.5 Å². The Morgan fingerprint density at radius 2 is 1.88 bits per heavy atom. The Hall–Kier alpha value is -2.96. The van der Waals surface area contributed by atoms with E-state index < -0.39 is 11.7 Å². The predicted octanol–water partition coefficient (Wildman–Crippen LogP) is 3.84. The summed E-state index contributed by atoms with van der Waals surface area (Å²) in [7, 11) is 3.15. The highest BCUT2D eigenvalue weighted by Gasteiger charge is 2.21. The van der Waals surface area contributed by atoms with E-state index in [2.05, 4.69) is 4.98 Å².